The molecular weight excluding hydrogens is 244 g/mol. The Hall–Kier alpha value is -0.540. The molecular formula is C11H15BrO2. The predicted octanol–water partition coefficient (Wildman–Crippen LogP) is 3.25. The largest absolute Gasteiger partial charge is 0.491 e. The predicted molar refractivity (Wildman–Crippen MR) is 60.7 cm³/mol. The molecule has 0 amide bonds. The molecule has 0 saturated carbocycles. The lowest BCUT2D eigenvalue weighted by Crippen LogP contribution is -2.06. The van der Waals surface area contributed by atoms with Crippen LogP contribution in [0.15, 0.2) is 28.7 Å². The number of rotatable bonds is 6. The summed E-state index contributed by atoms with van der Waals surface area (Å²) in [6, 6.07) is 7.79. The van der Waals surface area contributed by atoms with E-state index in [4.69, 9.17) is 9.47 Å². The van der Waals surface area contributed by atoms with Gasteiger partial charge in [-0.15, -0.1) is 0 Å². The highest BCUT2D eigenvalue weighted by atomic mass is 79.9. The lowest BCUT2D eigenvalue weighted by molar-refractivity contribution is 0.101. The molecule has 0 aliphatic heterocycles. The van der Waals surface area contributed by atoms with E-state index in [1.165, 1.54) is 0 Å². The number of hydrogen-bond acceptors (Lipinski definition) is 2. The van der Waals surface area contributed by atoms with Gasteiger partial charge >= 0.3 is 0 Å². The van der Waals surface area contributed by atoms with Gasteiger partial charge in [0.05, 0.1) is 6.61 Å². The van der Waals surface area contributed by atoms with E-state index >= 15 is 0 Å². The van der Waals surface area contributed by atoms with Gasteiger partial charge in [-0.2, -0.15) is 0 Å². The Bertz CT molecular complexity index is 246. The van der Waals surface area contributed by atoms with Crippen LogP contribution in [0.1, 0.15) is 13.3 Å². The molecule has 1 rings (SSSR count). The number of hydrogen-bond donors (Lipinski definition) is 0. The summed E-state index contributed by atoms with van der Waals surface area (Å²) >= 11 is 3.37. The van der Waals surface area contributed by atoms with Crippen molar-refractivity contribution in [2.75, 3.05) is 19.8 Å². The van der Waals surface area contributed by atoms with Crippen molar-refractivity contribution in [3.8, 4) is 5.75 Å². The summed E-state index contributed by atoms with van der Waals surface area (Å²) in [4.78, 5) is 0. The monoisotopic (exact) mass is 258 g/mol. The Kier molecular flexibility index (Phi) is 5.64. The molecule has 0 fully saturated rings. The lowest BCUT2D eigenvalue weighted by atomic mass is 10.3. The van der Waals surface area contributed by atoms with Gasteiger partial charge in [0.2, 0.25) is 0 Å². The molecule has 0 aromatic heterocycles. The zero-order valence-corrected chi connectivity index (χ0v) is 9.92. The minimum atomic E-state index is 0.613. The van der Waals surface area contributed by atoms with Gasteiger partial charge in [0.25, 0.3) is 0 Å². The molecule has 0 aliphatic rings. The van der Waals surface area contributed by atoms with Crippen molar-refractivity contribution in [3.63, 3.8) is 0 Å². The van der Waals surface area contributed by atoms with Crippen LogP contribution in [0.5, 0.6) is 5.75 Å². The highest BCUT2D eigenvalue weighted by Crippen LogP contribution is 2.15. The average Bonchev–Trinajstić information content (AvgIpc) is 2.21. The van der Waals surface area contributed by atoms with Crippen LogP contribution < -0.4 is 4.74 Å². The average molecular weight is 259 g/mol. The molecule has 0 atom stereocenters. The zero-order chi connectivity index (χ0) is 10.2. The third kappa shape index (κ3) is 4.63. The van der Waals surface area contributed by atoms with Crippen molar-refractivity contribution in [1.82, 2.24) is 0 Å². The molecule has 0 unspecified atom stereocenters. The fraction of sp³-hybridized carbons (Fsp3) is 0.455. The maximum atomic E-state index is 5.46. The SMILES string of the molecule is CCCOCCOc1ccc(Br)cc1. The molecule has 0 aliphatic carbocycles. The molecule has 78 valence electrons. The minimum absolute atomic E-state index is 0.613. The highest BCUT2D eigenvalue weighted by Gasteiger charge is 1.93. The van der Waals surface area contributed by atoms with Crippen molar-refractivity contribution in [2.45, 2.75) is 13.3 Å². The Morgan fingerprint density at radius 3 is 2.43 bits per heavy atom. The highest BCUT2D eigenvalue weighted by molar-refractivity contribution is 9.10. The van der Waals surface area contributed by atoms with Gasteiger partial charge in [0.1, 0.15) is 12.4 Å². The van der Waals surface area contributed by atoms with Crippen molar-refractivity contribution in [2.24, 2.45) is 0 Å². The molecule has 1 aromatic carbocycles. The van der Waals surface area contributed by atoms with E-state index in [1.54, 1.807) is 0 Å². The van der Waals surface area contributed by atoms with Gasteiger partial charge in [-0.05, 0) is 30.7 Å². The molecule has 1 aromatic rings. The Morgan fingerprint density at radius 1 is 1.07 bits per heavy atom. The van der Waals surface area contributed by atoms with Crippen LogP contribution in [0.2, 0.25) is 0 Å². The van der Waals surface area contributed by atoms with Crippen molar-refractivity contribution < 1.29 is 9.47 Å². The van der Waals surface area contributed by atoms with E-state index < -0.39 is 0 Å². The Balaban J connectivity index is 2.15. The smallest absolute Gasteiger partial charge is 0.119 e. The summed E-state index contributed by atoms with van der Waals surface area (Å²) < 4.78 is 11.8. The summed E-state index contributed by atoms with van der Waals surface area (Å²) in [5.74, 6) is 0.883. The first kappa shape index (κ1) is 11.5. The first-order valence-corrected chi connectivity index (χ1v) is 5.58. The van der Waals surface area contributed by atoms with Crippen LogP contribution >= 0.6 is 15.9 Å². The fourth-order valence-corrected chi connectivity index (χ4v) is 1.26. The van der Waals surface area contributed by atoms with E-state index in [9.17, 15) is 0 Å². The molecule has 0 bridgehead atoms. The molecule has 0 saturated heterocycles. The van der Waals surface area contributed by atoms with Gasteiger partial charge in [0.15, 0.2) is 0 Å². The maximum Gasteiger partial charge on any atom is 0.119 e. The van der Waals surface area contributed by atoms with Crippen LogP contribution in [-0.2, 0) is 4.74 Å². The minimum Gasteiger partial charge on any atom is -0.491 e. The second-order valence-electron chi connectivity index (χ2n) is 2.91. The number of ether oxygens (including phenoxy) is 2. The summed E-state index contributed by atoms with van der Waals surface area (Å²) in [7, 11) is 0. The third-order valence-corrected chi connectivity index (χ3v) is 2.19. The summed E-state index contributed by atoms with van der Waals surface area (Å²) in [5.41, 5.74) is 0. The molecule has 0 heterocycles. The summed E-state index contributed by atoms with van der Waals surface area (Å²) in [6.07, 6.45) is 1.05. The molecule has 0 spiro atoms. The van der Waals surface area contributed by atoms with Crippen molar-refractivity contribution in [1.29, 1.82) is 0 Å². The van der Waals surface area contributed by atoms with Gasteiger partial charge < -0.3 is 9.47 Å². The van der Waals surface area contributed by atoms with E-state index in [1.807, 2.05) is 24.3 Å². The first-order valence-electron chi connectivity index (χ1n) is 4.79. The first-order chi connectivity index (χ1) is 6.83. The Labute approximate surface area is 93.4 Å². The maximum absolute atomic E-state index is 5.46. The van der Waals surface area contributed by atoms with Gasteiger partial charge in [0, 0.05) is 11.1 Å². The standard InChI is InChI=1S/C11H15BrO2/c1-2-7-13-8-9-14-11-5-3-10(12)4-6-11/h3-6H,2,7-9H2,1H3. The van der Waals surface area contributed by atoms with Crippen molar-refractivity contribution >= 4 is 15.9 Å². The van der Waals surface area contributed by atoms with E-state index in [0.29, 0.717) is 13.2 Å². The van der Waals surface area contributed by atoms with E-state index in [-0.39, 0.29) is 0 Å². The second kappa shape index (κ2) is 6.85. The van der Waals surface area contributed by atoms with Crippen LogP contribution in [0.3, 0.4) is 0 Å². The van der Waals surface area contributed by atoms with Crippen LogP contribution in [0.25, 0.3) is 0 Å². The number of halogens is 1. The van der Waals surface area contributed by atoms with Crippen LogP contribution in [0, 0.1) is 0 Å². The summed E-state index contributed by atoms with van der Waals surface area (Å²) in [6.45, 7) is 4.17. The quantitative estimate of drug-likeness (QED) is 0.730. The molecule has 0 radical (unpaired) electrons. The van der Waals surface area contributed by atoms with Crippen LogP contribution in [0.4, 0.5) is 0 Å². The zero-order valence-electron chi connectivity index (χ0n) is 8.33. The van der Waals surface area contributed by atoms with Gasteiger partial charge in [-0.1, -0.05) is 22.9 Å². The lowest BCUT2D eigenvalue weighted by Gasteiger charge is -2.06. The van der Waals surface area contributed by atoms with Gasteiger partial charge in [-0.3, -0.25) is 0 Å². The Morgan fingerprint density at radius 2 is 1.79 bits per heavy atom. The third-order valence-electron chi connectivity index (χ3n) is 1.66. The van der Waals surface area contributed by atoms with Crippen LogP contribution in [-0.4, -0.2) is 19.8 Å². The van der Waals surface area contributed by atoms with E-state index in [2.05, 4.69) is 22.9 Å². The normalized spacial score (nSPS) is 10.1. The van der Waals surface area contributed by atoms with E-state index in [0.717, 1.165) is 23.2 Å². The molecule has 14 heavy (non-hydrogen) atoms. The molecule has 3 heteroatoms. The van der Waals surface area contributed by atoms with Crippen molar-refractivity contribution in [3.05, 3.63) is 28.7 Å². The molecule has 2 nitrogen and oxygen atoms in total. The fourth-order valence-electron chi connectivity index (χ4n) is 0.996. The summed E-state index contributed by atoms with van der Waals surface area (Å²) in [5, 5.41) is 0. The topological polar surface area (TPSA) is 18.5 Å². The van der Waals surface area contributed by atoms with Gasteiger partial charge in [-0.25, -0.2) is 0 Å². The number of benzene rings is 1. The molecule has 0 N–H and O–H groups in total. The second-order valence-corrected chi connectivity index (χ2v) is 3.83.